The number of carbonyl (C=O) groups excluding carboxylic acids is 2. The van der Waals surface area contributed by atoms with Crippen molar-refractivity contribution in [1.29, 1.82) is 0 Å². The highest BCUT2D eigenvalue weighted by Gasteiger charge is 2.42. The average Bonchev–Trinajstić information content (AvgIpc) is 3.21. The van der Waals surface area contributed by atoms with E-state index in [9.17, 15) is 18.4 Å². The third-order valence-corrected chi connectivity index (χ3v) is 8.69. The number of ether oxygens (including phenoxy) is 2. The molecule has 4 heterocycles. The first-order chi connectivity index (χ1) is 20.7. The van der Waals surface area contributed by atoms with Crippen LogP contribution in [0.3, 0.4) is 0 Å². The number of benzene rings is 1. The van der Waals surface area contributed by atoms with Gasteiger partial charge < -0.3 is 19.3 Å². The molecular weight excluding hydrogens is 568 g/mol. The Morgan fingerprint density at radius 3 is 2.52 bits per heavy atom. The topological polar surface area (TPSA) is 78.5 Å². The van der Waals surface area contributed by atoms with Gasteiger partial charge in [0.25, 0.3) is 0 Å². The molecule has 1 aromatic carbocycles. The van der Waals surface area contributed by atoms with Crippen molar-refractivity contribution >= 4 is 17.7 Å². The lowest BCUT2D eigenvalue weighted by atomic mass is 9.88. The van der Waals surface area contributed by atoms with Gasteiger partial charge in [-0.3, -0.25) is 19.6 Å². The lowest BCUT2D eigenvalue weighted by molar-refractivity contribution is -0.121. The Morgan fingerprint density at radius 2 is 1.84 bits per heavy atom. The fourth-order valence-corrected chi connectivity index (χ4v) is 6.37. The molecule has 11 heteroatoms. The van der Waals surface area contributed by atoms with Crippen molar-refractivity contribution in [3.05, 3.63) is 58.9 Å². The van der Waals surface area contributed by atoms with Crippen molar-refractivity contribution in [2.45, 2.75) is 71.1 Å². The van der Waals surface area contributed by atoms with E-state index >= 15 is 0 Å². The fraction of sp³-hybridized carbons (Fsp3) is 0.606. The van der Waals surface area contributed by atoms with Crippen molar-refractivity contribution in [2.75, 3.05) is 63.9 Å². The molecule has 1 aromatic heterocycles. The number of hydrogen-bond donors (Lipinski definition) is 0. The summed E-state index contributed by atoms with van der Waals surface area (Å²) in [6.07, 6.45) is 1.63. The van der Waals surface area contributed by atoms with Gasteiger partial charge in [0, 0.05) is 86.7 Å². The van der Waals surface area contributed by atoms with Crippen LogP contribution in [0.1, 0.15) is 58.4 Å². The summed E-state index contributed by atoms with van der Waals surface area (Å²) in [5, 5.41) is 0. The van der Waals surface area contributed by atoms with Gasteiger partial charge in [-0.25, -0.2) is 13.6 Å². The minimum Gasteiger partial charge on any atom is -0.444 e. The van der Waals surface area contributed by atoms with Gasteiger partial charge in [-0.15, -0.1) is 0 Å². The zero-order valence-electron chi connectivity index (χ0n) is 26.7. The monoisotopic (exact) mass is 613 g/mol. The predicted octanol–water partition coefficient (Wildman–Crippen LogP) is 4.22. The summed E-state index contributed by atoms with van der Waals surface area (Å²) >= 11 is 0. The number of amides is 2. The molecule has 0 unspecified atom stereocenters. The van der Waals surface area contributed by atoms with E-state index in [2.05, 4.69) is 28.6 Å². The van der Waals surface area contributed by atoms with Gasteiger partial charge in [0.15, 0.2) is 0 Å². The van der Waals surface area contributed by atoms with E-state index in [-0.39, 0.29) is 42.5 Å². The minimum absolute atomic E-state index is 0.0353. The molecule has 2 amide bonds. The maximum atomic E-state index is 14.4. The quantitative estimate of drug-likeness (QED) is 0.483. The van der Waals surface area contributed by atoms with Crippen molar-refractivity contribution in [3.63, 3.8) is 0 Å². The number of fused-ring (bicyclic) bond motifs is 1. The molecule has 0 N–H and O–H groups in total. The van der Waals surface area contributed by atoms with Crippen LogP contribution in [0.2, 0.25) is 0 Å². The average molecular weight is 614 g/mol. The summed E-state index contributed by atoms with van der Waals surface area (Å²) in [5.41, 5.74) is 1.77. The molecule has 0 spiro atoms. The van der Waals surface area contributed by atoms with Crippen LogP contribution in [0.25, 0.3) is 0 Å². The van der Waals surface area contributed by atoms with E-state index in [1.54, 1.807) is 11.1 Å². The SMILES string of the molecule is C[C@@H]1CN(CC(=O)N2CC(C)(C)c3cnc(Cc4ccc(F)cc4F)cc32)[C@@H](CN2CCOCC2)CN1C(=O)OC(C)(C)C. The smallest absolute Gasteiger partial charge is 0.410 e. The normalized spacial score (nSPS) is 22.6. The number of anilines is 1. The largest absolute Gasteiger partial charge is 0.444 e. The number of morpholine rings is 1. The van der Waals surface area contributed by atoms with Crippen LogP contribution in [-0.2, 0) is 26.1 Å². The second kappa shape index (κ2) is 12.7. The van der Waals surface area contributed by atoms with E-state index < -0.39 is 17.2 Å². The minimum atomic E-state index is -0.625. The second-order valence-corrected chi connectivity index (χ2v) is 13.9. The Bertz CT molecular complexity index is 1370. The maximum Gasteiger partial charge on any atom is 0.410 e. The number of rotatable bonds is 6. The van der Waals surface area contributed by atoms with Crippen LogP contribution in [0, 0.1) is 11.6 Å². The molecule has 240 valence electrons. The zero-order chi connectivity index (χ0) is 31.8. The van der Waals surface area contributed by atoms with Crippen LogP contribution in [0.15, 0.2) is 30.5 Å². The Balaban J connectivity index is 1.36. The van der Waals surface area contributed by atoms with E-state index in [0.717, 1.165) is 30.4 Å². The van der Waals surface area contributed by atoms with Gasteiger partial charge >= 0.3 is 6.09 Å². The highest BCUT2D eigenvalue weighted by molar-refractivity contribution is 5.97. The first kappa shape index (κ1) is 32.2. The molecule has 3 aliphatic rings. The highest BCUT2D eigenvalue weighted by Crippen LogP contribution is 2.41. The van der Waals surface area contributed by atoms with Gasteiger partial charge in [-0.05, 0) is 45.4 Å². The molecule has 9 nitrogen and oxygen atoms in total. The summed E-state index contributed by atoms with van der Waals surface area (Å²) in [6, 6.07) is 5.20. The molecule has 2 aromatic rings. The number of halogens is 2. The van der Waals surface area contributed by atoms with Crippen LogP contribution < -0.4 is 4.90 Å². The molecule has 2 fully saturated rings. The van der Waals surface area contributed by atoms with E-state index in [4.69, 9.17) is 9.47 Å². The number of carbonyl (C=O) groups is 2. The number of piperazine rings is 1. The van der Waals surface area contributed by atoms with E-state index in [1.807, 2.05) is 38.7 Å². The first-order valence-corrected chi connectivity index (χ1v) is 15.5. The van der Waals surface area contributed by atoms with E-state index in [1.165, 1.54) is 12.1 Å². The number of hydrogen-bond acceptors (Lipinski definition) is 7. The zero-order valence-corrected chi connectivity index (χ0v) is 26.7. The Morgan fingerprint density at radius 1 is 1.11 bits per heavy atom. The standard InChI is InChI=1S/C33H45F2N5O4/c1-22-17-38(26(18-37-9-11-43-12-10-37)19-39(22)31(42)44-32(2,3)4)20-30(41)40-21-33(5,6)27-16-36-25(15-29(27)40)13-23-7-8-24(34)14-28(23)35/h7-8,14-16,22,26H,9-13,17-21H2,1-6H3/t22-,26+/m1/s1. The van der Waals surface area contributed by atoms with Gasteiger partial charge in [0.1, 0.15) is 17.2 Å². The third kappa shape index (κ3) is 7.38. The number of nitrogens with zero attached hydrogens (tertiary/aromatic N) is 5. The second-order valence-electron chi connectivity index (χ2n) is 13.9. The van der Waals surface area contributed by atoms with Crippen LogP contribution in [0.5, 0.6) is 0 Å². The first-order valence-electron chi connectivity index (χ1n) is 15.5. The lowest BCUT2D eigenvalue weighted by Crippen LogP contribution is -2.63. The Hall–Kier alpha value is -3.15. The van der Waals surface area contributed by atoms with Crippen LogP contribution >= 0.6 is 0 Å². The van der Waals surface area contributed by atoms with Gasteiger partial charge in [0.2, 0.25) is 5.91 Å². The summed E-state index contributed by atoms with van der Waals surface area (Å²) in [4.78, 5) is 39.9. The molecule has 3 aliphatic heterocycles. The van der Waals surface area contributed by atoms with Crippen LogP contribution in [0.4, 0.5) is 19.3 Å². The molecule has 5 rings (SSSR count). The molecule has 2 atom stereocenters. The van der Waals surface area contributed by atoms with Gasteiger partial charge in [-0.1, -0.05) is 19.9 Å². The molecule has 0 bridgehead atoms. The fourth-order valence-electron chi connectivity index (χ4n) is 6.37. The summed E-state index contributed by atoms with van der Waals surface area (Å²) in [5.74, 6) is -1.28. The molecule has 0 saturated carbocycles. The summed E-state index contributed by atoms with van der Waals surface area (Å²) in [7, 11) is 0. The highest BCUT2D eigenvalue weighted by atomic mass is 19.1. The Labute approximate surface area is 259 Å². The van der Waals surface area contributed by atoms with Gasteiger partial charge in [0.05, 0.1) is 25.4 Å². The van der Waals surface area contributed by atoms with Gasteiger partial charge in [-0.2, -0.15) is 0 Å². The number of pyridine rings is 1. The molecule has 2 saturated heterocycles. The van der Waals surface area contributed by atoms with Crippen molar-refractivity contribution < 1.29 is 27.8 Å². The molecule has 0 aliphatic carbocycles. The summed E-state index contributed by atoms with van der Waals surface area (Å²) < 4.78 is 39.1. The predicted molar refractivity (Wildman–Crippen MR) is 164 cm³/mol. The maximum absolute atomic E-state index is 14.4. The molecular formula is C33H45F2N5O4. The van der Waals surface area contributed by atoms with Crippen molar-refractivity contribution in [1.82, 2.24) is 19.7 Å². The Kier molecular flexibility index (Phi) is 9.30. The van der Waals surface area contributed by atoms with Crippen molar-refractivity contribution in [2.24, 2.45) is 0 Å². The third-order valence-electron chi connectivity index (χ3n) is 8.69. The van der Waals surface area contributed by atoms with Crippen LogP contribution in [-0.4, -0.2) is 108 Å². The summed E-state index contributed by atoms with van der Waals surface area (Å²) in [6.45, 7) is 17.1. The number of aromatic nitrogens is 1. The van der Waals surface area contributed by atoms with Crippen molar-refractivity contribution in [3.8, 4) is 0 Å². The molecule has 44 heavy (non-hydrogen) atoms. The van der Waals surface area contributed by atoms with E-state index in [0.29, 0.717) is 50.7 Å². The lowest BCUT2D eigenvalue weighted by Gasteiger charge is -2.47. The molecule has 0 radical (unpaired) electrons.